The van der Waals surface area contributed by atoms with Gasteiger partial charge in [0.1, 0.15) is 0 Å². The maximum Gasteiger partial charge on any atom is 0.153 e. The highest BCUT2D eigenvalue weighted by molar-refractivity contribution is 9.10. The Morgan fingerprint density at radius 3 is 2.82 bits per heavy atom. The van der Waals surface area contributed by atoms with Crippen molar-refractivity contribution in [1.82, 2.24) is 20.3 Å². The molecule has 1 unspecified atom stereocenters. The highest BCUT2D eigenvalue weighted by Crippen LogP contribution is 2.31. The predicted octanol–water partition coefficient (Wildman–Crippen LogP) is 2.65. The Morgan fingerprint density at radius 2 is 2.35 bits per heavy atom. The van der Waals surface area contributed by atoms with Crippen molar-refractivity contribution in [3.63, 3.8) is 0 Å². The van der Waals surface area contributed by atoms with Crippen molar-refractivity contribution in [2.45, 2.75) is 19.9 Å². The molecule has 0 bridgehead atoms. The van der Waals surface area contributed by atoms with Crippen LogP contribution >= 0.6 is 27.3 Å². The molecule has 1 N–H and O–H groups in total. The monoisotopic (exact) mass is 314 g/mol. The van der Waals surface area contributed by atoms with Crippen molar-refractivity contribution in [2.24, 2.45) is 7.05 Å². The summed E-state index contributed by atoms with van der Waals surface area (Å²) in [5, 5.41) is 13.7. The molecule has 0 aliphatic rings. The van der Waals surface area contributed by atoms with Crippen LogP contribution in [0.2, 0.25) is 0 Å². The molecule has 0 saturated carbocycles. The Labute approximate surface area is 113 Å². The van der Waals surface area contributed by atoms with Crippen molar-refractivity contribution in [3.05, 3.63) is 32.2 Å². The van der Waals surface area contributed by atoms with Crippen molar-refractivity contribution in [1.29, 1.82) is 0 Å². The van der Waals surface area contributed by atoms with E-state index in [1.54, 1.807) is 11.3 Å². The molecule has 6 heteroatoms. The Bertz CT molecular complexity index is 486. The average molecular weight is 315 g/mol. The number of rotatable bonds is 4. The fourth-order valence-electron chi connectivity index (χ4n) is 1.84. The molecule has 2 aromatic heterocycles. The zero-order valence-electron chi connectivity index (χ0n) is 10.1. The molecule has 0 aliphatic heterocycles. The third-order valence-electron chi connectivity index (χ3n) is 2.67. The van der Waals surface area contributed by atoms with Gasteiger partial charge in [-0.3, -0.25) is 0 Å². The lowest BCUT2D eigenvalue weighted by atomic mass is 10.1. The molecule has 2 rings (SSSR count). The number of thiophene rings is 1. The van der Waals surface area contributed by atoms with E-state index in [0.717, 1.165) is 16.8 Å². The van der Waals surface area contributed by atoms with Crippen LogP contribution in [-0.4, -0.2) is 21.5 Å². The van der Waals surface area contributed by atoms with E-state index in [1.165, 1.54) is 10.4 Å². The van der Waals surface area contributed by atoms with Crippen molar-refractivity contribution < 1.29 is 0 Å². The van der Waals surface area contributed by atoms with Gasteiger partial charge < -0.3 is 5.32 Å². The van der Waals surface area contributed by atoms with Gasteiger partial charge in [-0.25, -0.2) is 4.68 Å². The molecule has 92 valence electrons. The Morgan fingerprint density at radius 1 is 1.59 bits per heavy atom. The smallest absolute Gasteiger partial charge is 0.153 e. The van der Waals surface area contributed by atoms with Crippen LogP contribution < -0.4 is 5.32 Å². The lowest BCUT2D eigenvalue weighted by Gasteiger charge is -2.17. The van der Waals surface area contributed by atoms with Gasteiger partial charge in [0.2, 0.25) is 0 Å². The Balaban J connectivity index is 2.46. The number of hydrogen-bond donors (Lipinski definition) is 1. The van der Waals surface area contributed by atoms with Crippen LogP contribution in [0.4, 0.5) is 0 Å². The standard InChI is InChI=1S/C11H15BrN4S/c1-4-13-8(10-7(2)5-6-17-10)9-11(12)14-15-16(9)3/h5-6,8,13H,4H2,1-3H3. The van der Waals surface area contributed by atoms with Crippen LogP contribution in [0.1, 0.15) is 29.1 Å². The largest absolute Gasteiger partial charge is 0.304 e. The summed E-state index contributed by atoms with van der Waals surface area (Å²) in [5.74, 6) is 0. The van der Waals surface area contributed by atoms with Gasteiger partial charge in [0, 0.05) is 11.9 Å². The van der Waals surface area contributed by atoms with Gasteiger partial charge in [-0.15, -0.1) is 16.4 Å². The number of aryl methyl sites for hydroxylation is 2. The van der Waals surface area contributed by atoms with E-state index >= 15 is 0 Å². The molecule has 0 radical (unpaired) electrons. The first kappa shape index (κ1) is 12.7. The van der Waals surface area contributed by atoms with Gasteiger partial charge in [-0.1, -0.05) is 12.1 Å². The van der Waals surface area contributed by atoms with Gasteiger partial charge in [0.25, 0.3) is 0 Å². The lowest BCUT2D eigenvalue weighted by molar-refractivity contribution is 0.572. The normalized spacial score (nSPS) is 12.9. The number of aromatic nitrogens is 3. The molecule has 0 spiro atoms. The molecule has 0 aliphatic carbocycles. The second-order valence-corrected chi connectivity index (χ2v) is 5.55. The van der Waals surface area contributed by atoms with E-state index in [0.29, 0.717) is 0 Å². The summed E-state index contributed by atoms with van der Waals surface area (Å²) in [6.45, 7) is 5.14. The molecule has 2 aromatic rings. The fraction of sp³-hybridized carbons (Fsp3) is 0.455. The quantitative estimate of drug-likeness (QED) is 0.943. The van der Waals surface area contributed by atoms with Crippen molar-refractivity contribution in [2.75, 3.05) is 6.54 Å². The minimum Gasteiger partial charge on any atom is -0.304 e. The summed E-state index contributed by atoms with van der Waals surface area (Å²) in [6, 6.07) is 2.29. The van der Waals surface area contributed by atoms with E-state index < -0.39 is 0 Å². The van der Waals surface area contributed by atoms with Crippen molar-refractivity contribution >= 4 is 27.3 Å². The van der Waals surface area contributed by atoms with E-state index in [-0.39, 0.29) is 6.04 Å². The van der Waals surface area contributed by atoms with Crippen LogP contribution in [0.25, 0.3) is 0 Å². The van der Waals surface area contributed by atoms with Gasteiger partial charge in [-0.05, 0) is 46.4 Å². The first-order valence-electron chi connectivity index (χ1n) is 5.47. The van der Waals surface area contributed by atoms with Crippen LogP contribution in [0, 0.1) is 6.92 Å². The Hall–Kier alpha value is -0.720. The Kier molecular flexibility index (Phi) is 3.96. The first-order valence-corrected chi connectivity index (χ1v) is 7.14. The molecule has 0 fully saturated rings. The number of nitrogens with one attached hydrogen (secondary N) is 1. The highest BCUT2D eigenvalue weighted by atomic mass is 79.9. The van der Waals surface area contributed by atoms with Crippen LogP contribution in [0.3, 0.4) is 0 Å². The molecule has 0 amide bonds. The third-order valence-corrected chi connectivity index (χ3v) is 4.32. The maximum absolute atomic E-state index is 4.05. The number of halogens is 1. The average Bonchev–Trinajstić information content (AvgIpc) is 2.84. The SMILES string of the molecule is CCNC(c1sccc1C)c1c(Br)nnn1C. The summed E-state index contributed by atoms with van der Waals surface area (Å²) in [5.41, 5.74) is 2.37. The summed E-state index contributed by atoms with van der Waals surface area (Å²) in [7, 11) is 1.92. The summed E-state index contributed by atoms with van der Waals surface area (Å²) in [4.78, 5) is 1.32. The molecule has 4 nitrogen and oxygen atoms in total. The number of nitrogens with zero attached hydrogens (tertiary/aromatic N) is 3. The third kappa shape index (κ3) is 2.43. The summed E-state index contributed by atoms with van der Waals surface area (Å²) < 4.78 is 2.62. The van der Waals surface area contributed by atoms with E-state index in [9.17, 15) is 0 Å². The van der Waals surface area contributed by atoms with Crippen LogP contribution in [-0.2, 0) is 7.05 Å². The maximum atomic E-state index is 4.05. The van der Waals surface area contributed by atoms with Crippen molar-refractivity contribution in [3.8, 4) is 0 Å². The van der Waals surface area contributed by atoms with Gasteiger partial charge in [0.15, 0.2) is 4.60 Å². The van der Waals surface area contributed by atoms with Crippen LogP contribution in [0.15, 0.2) is 16.0 Å². The van der Waals surface area contributed by atoms with Gasteiger partial charge in [0.05, 0.1) is 11.7 Å². The minimum atomic E-state index is 0.148. The molecule has 17 heavy (non-hydrogen) atoms. The predicted molar refractivity (Wildman–Crippen MR) is 73.3 cm³/mol. The molecule has 1 atom stereocenters. The molecule has 0 aromatic carbocycles. The molecule has 2 heterocycles. The summed E-state index contributed by atoms with van der Waals surface area (Å²) >= 11 is 5.23. The second kappa shape index (κ2) is 5.29. The van der Waals surface area contributed by atoms with Crippen LogP contribution in [0.5, 0.6) is 0 Å². The minimum absolute atomic E-state index is 0.148. The van der Waals surface area contributed by atoms with Gasteiger partial charge >= 0.3 is 0 Å². The lowest BCUT2D eigenvalue weighted by Crippen LogP contribution is -2.24. The van der Waals surface area contributed by atoms with E-state index in [4.69, 9.17) is 0 Å². The molecule has 0 saturated heterocycles. The number of hydrogen-bond acceptors (Lipinski definition) is 4. The van der Waals surface area contributed by atoms with Gasteiger partial charge in [-0.2, -0.15) is 0 Å². The first-order chi connectivity index (χ1) is 8.15. The molecular weight excluding hydrogens is 300 g/mol. The summed E-state index contributed by atoms with van der Waals surface area (Å²) in [6.07, 6.45) is 0. The van der Waals surface area contributed by atoms with E-state index in [1.807, 2.05) is 11.7 Å². The fourth-order valence-corrected chi connectivity index (χ4v) is 3.40. The second-order valence-electron chi connectivity index (χ2n) is 3.85. The van der Waals surface area contributed by atoms with E-state index in [2.05, 4.69) is 56.9 Å². The zero-order valence-corrected chi connectivity index (χ0v) is 12.5. The highest BCUT2D eigenvalue weighted by Gasteiger charge is 2.23. The molecular formula is C11H15BrN4S. The zero-order chi connectivity index (χ0) is 12.4. The topological polar surface area (TPSA) is 42.7 Å².